The van der Waals surface area contributed by atoms with Gasteiger partial charge in [-0.3, -0.25) is 0 Å². The monoisotopic (exact) mass is 551 g/mol. The molecule has 2 saturated heterocycles. The molecule has 2 N–H and O–H groups in total. The average molecular weight is 553 g/mol. The van der Waals surface area contributed by atoms with Gasteiger partial charge >= 0.3 is 0 Å². The number of likely N-dealkylation sites (tertiary alicyclic amines) is 1. The highest BCUT2D eigenvalue weighted by molar-refractivity contribution is 7.89. The molecule has 12 heteroatoms. The molecule has 3 aromatic rings. The fraction of sp³-hybridized carbons (Fsp3) is 0.542. The summed E-state index contributed by atoms with van der Waals surface area (Å²) >= 11 is 12.6. The first kappa shape index (κ1) is 25.7. The second-order valence-corrected chi connectivity index (χ2v) is 12.6. The van der Waals surface area contributed by atoms with Crippen LogP contribution < -0.4 is 10.0 Å². The molecule has 2 atom stereocenters. The van der Waals surface area contributed by atoms with Crippen molar-refractivity contribution in [1.29, 1.82) is 0 Å². The van der Waals surface area contributed by atoms with Gasteiger partial charge in [0.25, 0.3) is 0 Å². The maximum absolute atomic E-state index is 11.3. The lowest BCUT2D eigenvalue weighted by molar-refractivity contribution is 0.125. The number of rotatable bonds is 7. The fourth-order valence-corrected chi connectivity index (χ4v) is 6.45. The molecule has 36 heavy (non-hydrogen) atoms. The molecule has 0 spiro atoms. The fourth-order valence-electron chi connectivity index (χ4n) is 5.37. The standard InChI is InChI=1S/C24H31Cl2N7O2S/c1-15-23-24(33(30-15)16(2)20-6-5-19(25)10-21(20)26)29-22(11-28-23)32-13-18(14-32)17-4-3-7-31(12-17)8-9-36(27,34)35/h5-6,10-11,16-18H,3-4,7-9,12-14H2,1-2H3,(H2,27,34,35)/t16-,17-/m1/s1. The second-order valence-electron chi connectivity index (χ2n) is 10.0. The van der Waals surface area contributed by atoms with Crippen molar-refractivity contribution in [1.82, 2.24) is 24.6 Å². The van der Waals surface area contributed by atoms with Gasteiger partial charge in [-0.25, -0.2) is 28.2 Å². The zero-order valence-electron chi connectivity index (χ0n) is 20.4. The Balaban J connectivity index is 1.29. The van der Waals surface area contributed by atoms with E-state index in [1.165, 1.54) is 6.42 Å². The molecule has 2 fully saturated rings. The van der Waals surface area contributed by atoms with Gasteiger partial charge < -0.3 is 9.80 Å². The topological polar surface area (TPSA) is 110 Å². The minimum atomic E-state index is -3.43. The average Bonchev–Trinajstić information content (AvgIpc) is 3.12. The molecular formula is C24H31Cl2N7O2S. The van der Waals surface area contributed by atoms with E-state index in [1.807, 2.05) is 36.9 Å². The molecular weight excluding hydrogens is 521 g/mol. The molecule has 9 nitrogen and oxygen atoms in total. The highest BCUT2D eigenvalue weighted by Crippen LogP contribution is 2.35. The first-order valence-electron chi connectivity index (χ1n) is 12.2. The van der Waals surface area contributed by atoms with Crippen molar-refractivity contribution in [3.05, 3.63) is 45.7 Å². The lowest BCUT2D eigenvalue weighted by atomic mass is 9.80. The number of halogens is 2. The van der Waals surface area contributed by atoms with E-state index in [9.17, 15) is 8.42 Å². The van der Waals surface area contributed by atoms with E-state index in [-0.39, 0.29) is 11.8 Å². The van der Waals surface area contributed by atoms with Crippen molar-refractivity contribution in [3.63, 3.8) is 0 Å². The van der Waals surface area contributed by atoms with Crippen molar-refractivity contribution in [2.75, 3.05) is 43.4 Å². The predicted octanol–water partition coefficient (Wildman–Crippen LogP) is 3.49. The van der Waals surface area contributed by atoms with Crippen molar-refractivity contribution in [2.45, 2.75) is 32.7 Å². The molecule has 2 aromatic heterocycles. The van der Waals surface area contributed by atoms with Gasteiger partial charge in [-0.05, 0) is 62.8 Å². The first-order chi connectivity index (χ1) is 17.1. The van der Waals surface area contributed by atoms with Crippen LogP contribution in [0.1, 0.15) is 37.1 Å². The van der Waals surface area contributed by atoms with Crippen LogP contribution in [-0.2, 0) is 10.0 Å². The number of hydrogen-bond donors (Lipinski definition) is 1. The normalized spacial score (nSPS) is 20.6. The molecule has 1 aromatic carbocycles. The minimum absolute atomic E-state index is 0.0128. The smallest absolute Gasteiger partial charge is 0.210 e. The Bertz CT molecular complexity index is 1370. The molecule has 0 saturated carbocycles. The summed E-state index contributed by atoms with van der Waals surface area (Å²) in [5.41, 5.74) is 3.26. The summed E-state index contributed by atoms with van der Waals surface area (Å²) in [7, 11) is -3.43. The predicted molar refractivity (Wildman–Crippen MR) is 143 cm³/mol. The third-order valence-electron chi connectivity index (χ3n) is 7.47. The second kappa shape index (κ2) is 10.1. The maximum atomic E-state index is 11.3. The molecule has 0 aliphatic carbocycles. The number of hydrogen-bond acceptors (Lipinski definition) is 7. The number of primary sulfonamides is 1. The molecule has 0 bridgehead atoms. The summed E-state index contributed by atoms with van der Waals surface area (Å²) < 4.78 is 24.6. The Morgan fingerprint density at radius 2 is 1.97 bits per heavy atom. The lowest BCUT2D eigenvalue weighted by Crippen LogP contribution is -2.54. The summed E-state index contributed by atoms with van der Waals surface area (Å²) in [6.07, 6.45) is 4.08. The van der Waals surface area contributed by atoms with Crippen LogP contribution in [0, 0.1) is 18.8 Å². The van der Waals surface area contributed by atoms with Crippen molar-refractivity contribution >= 4 is 50.2 Å². The number of anilines is 1. The number of sulfonamides is 1. The van der Waals surface area contributed by atoms with E-state index in [4.69, 9.17) is 43.4 Å². The van der Waals surface area contributed by atoms with Gasteiger partial charge in [0, 0.05) is 36.2 Å². The van der Waals surface area contributed by atoms with Crippen LogP contribution in [0.25, 0.3) is 11.2 Å². The van der Waals surface area contributed by atoms with E-state index < -0.39 is 10.0 Å². The summed E-state index contributed by atoms with van der Waals surface area (Å²) in [4.78, 5) is 14.2. The molecule has 4 heterocycles. The number of nitrogens with zero attached hydrogens (tertiary/aromatic N) is 6. The van der Waals surface area contributed by atoms with Gasteiger partial charge in [0.15, 0.2) is 5.65 Å². The van der Waals surface area contributed by atoms with Gasteiger partial charge in [-0.2, -0.15) is 5.10 Å². The van der Waals surface area contributed by atoms with Gasteiger partial charge in [0.1, 0.15) is 11.3 Å². The van der Waals surface area contributed by atoms with Crippen molar-refractivity contribution in [3.8, 4) is 0 Å². The Labute approximate surface area is 221 Å². The minimum Gasteiger partial charge on any atom is -0.355 e. The van der Waals surface area contributed by atoms with Crippen LogP contribution in [0.2, 0.25) is 10.0 Å². The molecule has 0 unspecified atom stereocenters. The van der Waals surface area contributed by atoms with Crippen molar-refractivity contribution in [2.24, 2.45) is 17.0 Å². The van der Waals surface area contributed by atoms with Crippen LogP contribution in [0.4, 0.5) is 5.82 Å². The van der Waals surface area contributed by atoms with Gasteiger partial charge in [0.2, 0.25) is 10.0 Å². The molecule has 194 valence electrons. The largest absolute Gasteiger partial charge is 0.355 e. The van der Waals surface area contributed by atoms with E-state index in [0.717, 1.165) is 60.8 Å². The number of piperidine rings is 1. The van der Waals surface area contributed by atoms with E-state index in [1.54, 1.807) is 6.07 Å². The Hall–Kier alpha value is -1.98. The summed E-state index contributed by atoms with van der Waals surface area (Å²) in [6, 6.07) is 5.36. The highest BCUT2D eigenvalue weighted by atomic mass is 35.5. The third-order valence-corrected chi connectivity index (χ3v) is 8.79. The van der Waals surface area contributed by atoms with E-state index in [2.05, 4.69) is 9.80 Å². The molecule has 2 aliphatic heterocycles. The van der Waals surface area contributed by atoms with Crippen LogP contribution in [0.5, 0.6) is 0 Å². The lowest BCUT2D eigenvalue weighted by Gasteiger charge is -2.47. The zero-order valence-corrected chi connectivity index (χ0v) is 22.8. The number of aryl methyl sites for hydroxylation is 1. The quantitative estimate of drug-likeness (QED) is 0.478. The SMILES string of the molecule is Cc1nn([C@H](C)c2ccc(Cl)cc2Cl)c2nc(N3CC([C@@H]4CCCN(CCS(N)(=O)=O)C4)C3)cnc12. The van der Waals surface area contributed by atoms with E-state index in [0.29, 0.717) is 28.4 Å². The third kappa shape index (κ3) is 5.33. The Morgan fingerprint density at radius 3 is 2.69 bits per heavy atom. The molecule has 0 amide bonds. The summed E-state index contributed by atoms with van der Waals surface area (Å²) in [5, 5.41) is 11.1. The van der Waals surface area contributed by atoms with Crippen LogP contribution in [0.15, 0.2) is 24.4 Å². The van der Waals surface area contributed by atoms with E-state index >= 15 is 0 Å². The summed E-state index contributed by atoms with van der Waals surface area (Å²) in [6.45, 7) is 8.17. The van der Waals surface area contributed by atoms with Crippen LogP contribution in [-0.4, -0.2) is 71.5 Å². The van der Waals surface area contributed by atoms with Gasteiger partial charge in [0.05, 0.1) is 23.7 Å². The number of nitrogens with two attached hydrogens (primary N) is 1. The Morgan fingerprint density at radius 1 is 1.19 bits per heavy atom. The first-order valence-corrected chi connectivity index (χ1v) is 14.7. The molecule has 0 radical (unpaired) electrons. The highest BCUT2D eigenvalue weighted by Gasteiger charge is 2.37. The number of aromatic nitrogens is 4. The van der Waals surface area contributed by atoms with Gasteiger partial charge in [-0.15, -0.1) is 0 Å². The zero-order chi connectivity index (χ0) is 25.6. The summed E-state index contributed by atoms with van der Waals surface area (Å²) in [5.74, 6) is 1.96. The number of benzene rings is 1. The van der Waals surface area contributed by atoms with Crippen molar-refractivity contribution < 1.29 is 8.42 Å². The number of fused-ring (bicyclic) bond motifs is 1. The molecule has 5 rings (SSSR count). The van der Waals surface area contributed by atoms with Crippen LogP contribution in [0.3, 0.4) is 0 Å². The van der Waals surface area contributed by atoms with Crippen LogP contribution >= 0.6 is 23.2 Å². The maximum Gasteiger partial charge on any atom is 0.210 e. The van der Waals surface area contributed by atoms with Gasteiger partial charge in [-0.1, -0.05) is 29.3 Å². The Kier molecular flexibility index (Phi) is 7.17. The molecule has 2 aliphatic rings.